The average Bonchev–Trinajstić information content (AvgIpc) is 2.67. The Morgan fingerprint density at radius 2 is 1.12 bits per heavy atom. The Morgan fingerprint density at radius 1 is 0.640 bits per heavy atom. The SMILES string of the molecule is c1ccc(CC2(Cc3ccccc3)COC3(OCCCO3)OC2)cc1. The summed E-state index contributed by atoms with van der Waals surface area (Å²) in [6.07, 6.45) is 1.35. The highest BCUT2D eigenvalue weighted by atomic mass is 17.0. The standard InChI is InChI=1S/C21H24O4/c1-3-8-18(9-4-1)14-20(15-19-10-5-2-6-11-19)16-24-21(25-17-20)22-12-7-13-23-21/h1-6,8-11H,7,12-17H2. The molecule has 2 heterocycles. The summed E-state index contributed by atoms with van der Waals surface area (Å²) >= 11 is 0. The van der Waals surface area contributed by atoms with E-state index in [1.807, 2.05) is 12.1 Å². The molecular formula is C21H24O4. The fourth-order valence-corrected chi connectivity index (χ4v) is 3.55. The van der Waals surface area contributed by atoms with E-state index in [4.69, 9.17) is 18.9 Å². The molecule has 0 bridgehead atoms. The summed E-state index contributed by atoms with van der Waals surface area (Å²) in [7, 11) is 0. The van der Waals surface area contributed by atoms with E-state index in [1.54, 1.807) is 0 Å². The van der Waals surface area contributed by atoms with Crippen LogP contribution in [0.4, 0.5) is 0 Å². The Hall–Kier alpha value is -1.72. The van der Waals surface area contributed by atoms with Crippen LogP contribution in [0.1, 0.15) is 17.5 Å². The topological polar surface area (TPSA) is 36.9 Å². The van der Waals surface area contributed by atoms with Crippen LogP contribution >= 0.6 is 0 Å². The van der Waals surface area contributed by atoms with E-state index >= 15 is 0 Å². The van der Waals surface area contributed by atoms with Crippen LogP contribution in [0.25, 0.3) is 0 Å². The van der Waals surface area contributed by atoms with Crippen molar-refractivity contribution < 1.29 is 18.9 Å². The van der Waals surface area contributed by atoms with Crippen molar-refractivity contribution in [2.75, 3.05) is 26.4 Å². The van der Waals surface area contributed by atoms with Gasteiger partial charge in [0.1, 0.15) is 0 Å². The van der Waals surface area contributed by atoms with E-state index in [0.29, 0.717) is 26.4 Å². The van der Waals surface area contributed by atoms with Gasteiger partial charge in [-0.25, -0.2) is 0 Å². The van der Waals surface area contributed by atoms with Crippen molar-refractivity contribution in [3.63, 3.8) is 0 Å². The zero-order chi connectivity index (χ0) is 17.0. The van der Waals surface area contributed by atoms with Gasteiger partial charge in [-0.3, -0.25) is 0 Å². The summed E-state index contributed by atoms with van der Waals surface area (Å²) in [5, 5.41) is 0. The summed E-state index contributed by atoms with van der Waals surface area (Å²) in [5.41, 5.74) is 2.43. The number of benzene rings is 2. The Morgan fingerprint density at radius 3 is 1.60 bits per heavy atom. The number of hydrogen-bond donors (Lipinski definition) is 0. The second kappa shape index (κ2) is 7.26. The summed E-state index contributed by atoms with van der Waals surface area (Å²) in [4.78, 5) is 0. The third-order valence-electron chi connectivity index (χ3n) is 4.80. The Labute approximate surface area is 148 Å². The van der Waals surface area contributed by atoms with Crippen LogP contribution in [0.3, 0.4) is 0 Å². The second-order valence-corrected chi connectivity index (χ2v) is 6.95. The Kier molecular flexibility index (Phi) is 4.86. The predicted octanol–water partition coefficient (Wildman–Crippen LogP) is 3.55. The van der Waals surface area contributed by atoms with Crippen molar-refractivity contribution in [3.8, 4) is 0 Å². The maximum absolute atomic E-state index is 6.00. The fourth-order valence-electron chi connectivity index (χ4n) is 3.55. The van der Waals surface area contributed by atoms with Crippen LogP contribution < -0.4 is 0 Å². The van der Waals surface area contributed by atoms with Crippen LogP contribution in [0.5, 0.6) is 0 Å². The van der Waals surface area contributed by atoms with Crippen LogP contribution in [-0.2, 0) is 31.8 Å². The van der Waals surface area contributed by atoms with Gasteiger partial charge in [0, 0.05) is 5.41 Å². The van der Waals surface area contributed by atoms with Crippen LogP contribution in [-0.4, -0.2) is 32.6 Å². The zero-order valence-electron chi connectivity index (χ0n) is 14.4. The van der Waals surface area contributed by atoms with Gasteiger partial charge >= 0.3 is 6.16 Å². The molecule has 4 rings (SSSR count). The van der Waals surface area contributed by atoms with E-state index in [0.717, 1.165) is 19.3 Å². The summed E-state index contributed by atoms with van der Waals surface area (Å²) in [5.74, 6) is 0. The largest absolute Gasteiger partial charge is 0.412 e. The lowest BCUT2D eigenvalue weighted by Gasteiger charge is -2.46. The highest BCUT2D eigenvalue weighted by Gasteiger charge is 2.48. The zero-order valence-corrected chi connectivity index (χ0v) is 14.4. The molecule has 2 fully saturated rings. The molecule has 0 amide bonds. The second-order valence-electron chi connectivity index (χ2n) is 6.95. The third-order valence-corrected chi connectivity index (χ3v) is 4.80. The minimum atomic E-state index is -1.30. The molecule has 4 heteroatoms. The third kappa shape index (κ3) is 3.93. The molecule has 0 N–H and O–H groups in total. The van der Waals surface area contributed by atoms with E-state index in [-0.39, 0.29) is 5.41 Å². The molecule has 2 aromatic carbocycles. The van der Waals surface area contributed by atoms with Crippen molar-refractivity contribution in [1.29, 1.82) is 0 Å². The smallest absolute Gasteiger partial charge is 0.303 e. The number of ether oxygens (including phenoxy) is 4. The van der Waals surface area contributed by atoms with Crippen molar-refractivity contribution in [2.24, 2.45) is 5.41 Å². The maximum Gasteiger partial charge on any atom is 0.412 e. The lowest BCUT2D eigenvalue weighted by Crippen LogP contribution is -2.55. The molecule has 2 aliphatic heterocycles. The van der Waals surface area contributed by atoms with Crippen LogP contribution in [0.2, 0.25) is 0 Å². The molecule has 0 radical (unpaired) electrons. The summed E-state index contributed by atoms with van der Waals surface area (Å²) in [6, 6.07) is 21.0. The van der Waals surface area contributed by atoms with Crippen molar-refractivity contribution >= 4 is 0 Å². The molecule has 0 unspecified atom stereocenters. The monoisotopic (exact) mass is 340 g/mol. The van der Waals surface area contributed by atoms with Crippen molar-refractivity contribution in [2.45, 2.75) is 25.4 Å². The molecule has 1 spiro atoms. The van der Waals surface area contributed by atoms with Crippen LogP contribution in [0.15, 0.2) is 60.7 Å². The van der Waals surface area contributed by atoms with Crippen molar-refractivity contribution in [3.05, 3.63) is 71.8 Å². The molecule has 0 saturated carbocycles. The van der Waals surface area contributed by atoms with Gasteiger partial charge in [-0.2, -0.15) is 0 Å². The molecule has 132 valence electrons. The first kappa shape index (κ1) is 16.7. The fraction of sp³-hybridized carbons (Fsp3) is 0.429. The summed E-state index contributed by atoms with van der Waals surface area (Å²) < 4.78 is 23.3. The molecule has 0 aromatic heterocycles. The van der Waals surface area contributed by atoms with Gasteiger partial charge in [-0.1, -0.05) is 60.7 Å². The number of rotatable bonds is 4. The van der Waals surface area contributed by atoms with Gasteiger partial charge in [-0.05, 0) is 30.4 Å². The van der Waals surface area contributed by atoms with E-state index in [1.165, 1.54) is 11.1 Å². The maximum atomic E-state index is 6.00. The van der Waals surface area contributed by atoms with E-state index in [9.17, 15) is 0 Å². The minimum absolute atomic E-state index is 0.141. The quantitative estimate of drug-likeness (QED) is 0.853. The highest BCUT2D eigenvalue weighted by molar-refractivity contribution is 5.21. The first-order chi connectivity index (χ1) is 12.3. The lowest BCUT2D eigenvalue weighted by atomic mass is 9.77. The first-order valence-electron chi connectivity index (χ1n) is 8.91. The van der Waals surface area contributed by atoms with Gasteiger partial charge in [0.05, 0.1) is 26.4 Å². The van der Waals surface area contributed by atoms with Crippen LogP contribution in [0, 0.1) is 5.41 Å². The molecule has 0 aliphatic carbocycles. The normalized spacial score (nSPS) is 21.9. The first-order valence-corrected chi connectivity index (χ1v) is 8.91. The molecule has 2 aromatic rings. The Balaban J connectivity index is 1.54. The molecular weight excluding hydrogens is 316 g/mol. The predicted molar refractivity (Wildman–Crippen MR) is 93.9 cm³/mol. The van der Waals surface area contributed by atoms with Gasteiger partial charge in [0.15, 0.2) is 0 Å². The molecule has 2 saturated heterocycles. The average molecular weight is 340 g/mol. The van der Waals surface area contributed by atoms with Gasteiger partial charge < -0.3 is 18.9 Å². The Bertz CT molecular complexity index is 611. The van der Waals surface area contributed by atoms with Gasteiger partial charge in [0.2, 0.25) is 0 Å². The lowest BCUT2D eigenvalue weighted by molar-refractivity contribution is -0.536. The van der Waals surface area contributed by atoms with Gasteiger partial charge in [-0.15, -0.1) is 0 Å². The molecule has 4 nitrogen and oxygen atoms in total. The van der Waals surface area contributed by atoms with E-state index in [2.05, 4.69) is 48.5 Å². The molecule has 0 atom stereocenters. The van der Waals surface area contributed by atoms with Gasteiger partial charge in [0.25, 0.3) is 0 Å². The number of hydrogen-bond acceptors (Lipinski definition) is 4. The molecule has 25 heavy (non-hydrogen) atoms. The summed E-state index contributed by atoms with van der Waals surface area (Å²) in [6.45, 7) is 2.28. The minimum Gasteiger partial charge on any atom is -0.303 e. The van der Waals surface area contributed by atoms with Crippen molar-refractivity contribution in [1.82, 2.24) is 0 Å². The molecule has 2 aliphatic rings. The highest BCUT2D eigenvalue weighted by Crippen LogP contribution is 2.38. The van der Waals surface area contributed by atoms with E-state index < -0.39 is 6.16 Å².